The normalized spacial score (nSPS) is 24.8. The molecule has 1 aliphatic carbocycles. The number of nitrogens with two attached hydrogens (primary N) is 1. The van der Waals surface area contributed by atoms with Crippen LogP contribution in [0.5, 0.6) is 0 Å². The zero-order valence-corrected chi connectivity index (χ0v) is 9.07. The largest absolute Gasteiger partial charge is 0.228 e. The number of primary sulfonamides is 1. The van der Waals surface area contributed by atoms with E-state index in [-0.39, 0.29) is 0 Å². The molecular formula is C9H19NO2S. The van der Waals surface area contributed by atoms with Gasteiger partial charge in [-0.1, -0.05) is 32.1 Å². The van der Waals surface area contributed by atoms with Gasteiger partial charge in [0.25, 0.3) is 0 Å². The molecule has 0 radical (unpaired) electrons. The van der Waals surface area contributed by atoms with Crippen molar-refractivity contribution in [2.45, 2.75) is 56.6 Å². The molecule has 1 rings (SSSR count). The van der Waals surface area contributed by atoms with Gasteiger partial charge in [-0.3, -0.25) is 0 Å². The highest BCUT2D eigenvalue weighted by Crippen LogP contribution is 2.31. The summed E-state index contributed by atoms with van der Waals surface area (Å²) in [5, 5.41) is 5.24. The summed E-state index contributed by atoms with van der Waals surface area (Å²) in [5.41, 5.74) is 0. The van der Waals surface area contributed by atoms with Crippen molar-refractivity contribution in [3.63, 3.8) is 0 Å². The van der Waals surface area contributed by atoms with Gasteiger partial charge in [-0.25, -0.2) is 13.6 Å². The van der Waals surface area contributed by atoms with E-state index in [1.54, 1.807) is 6.92 Å². The van der Waals surface area contributed by atoms with E-state index < -0.39 is 14.8 Å². The van der Waals surface area contributed by atoms with Gasteiger partial charge >= 0.3 is 0 Å². The Balaban J connectivity index is 2.74. The lowest BCUT2D eigenvalue weighted by Gasteiger charge is -2.28. The first-order valence-corrected chi connectivity index (χ1v) is 6.53. The van der Waals surface area contributed by atoms with Crippen LogP contribution in [0.4, 0.5) is 0 Å². The molecule has 1 saturated carbocycles. The molecule has 0 atom stereocenters. The smallest absolute Gasteiger partial charge is 0.214 e. The number of sulfonamides is 1. The molecule has 0 saturated heterocycles. The van der Waals surface area contributed by atoms with Crippen LogP contribution < -0.4 is 5.14 Å². The fraction of sp³-hybridized carbons (Fsp3) is 1.00. The Bertz CT molecular complexity index is 251. The SMILES string of the molecule is CC1(S(N)(=O)=O)CCCCCCC1. The Morgan fingerprint density at radius 2 is 1.38 bits per heavy atom. The maximum Gasteiger partial charge on any atom is 0.214 e. The Morgan fingerprint density at radius 1 is 1.00 bits per heavy atom. The lowest BCUT2D eigenvalue weighted by atomic mass is 9.92. The topological polar surface area (TPSA) is 60.2 Å². The second kappa shape index (κ2) is 3.96. The summed E-state index contributed by atoms with van der Waals surface area (Å²) in [6, 6.07) is 0. The van der Waals surface area contributed by atoms with Crippen LogP contribution in [0, 0.1) is 0 Å². The fourth-order valence-electron chi connectivity index (χ4n) is 1.94. The Labute approximate surface area is 80.8 Å². The molecule has 0 aromatic carbocycles. The summed E-state index contributed by atoms with van der Waals surface area (Å²) in [5.74, 6) is 0. The molecule has 0 heterocycles. The molecule has 13 heavy (non-hydrogen) atoms. The first kappa shape index (κ1) is 11.0. The molecule has 78 valence electrons. The maximum absolute atomic E-state index is 11.4. The minimum Gasteiger partial charge on any atom is -0.228 e. The molecule has 3 nitrogen and oxygen atoms in total. The van der Waals surface area contributed by atoms with Gasteiger partial charge in [0, 0.05) is 0 Å². The van der Waals surface area contributed by atoms with Crippen molar-refractivity contribution in [1.29, 1.82) is 0 Å². The van der Waals surface area contributed by atoms with Crippen LogP contribution in [0.2, 0.25) is 0 Å². The molecule has 0 aromatic heterocycles. The van der Waals surface area contributed by atoms with E-state index >= 15 is 0 Å². The molecule has 1 fully saturated rings. The van der Waals surface area contributed by atoms with E-state index in [9.17, 15) is 8.42 Å². The van der Waals surface area contributed by atoms with Gasteiger partial charge in [-0.15, -0.1) is 0 Å². The maximum atomic E-state index is 11.4. The summed E-state index contributed by atoms with van der Waals surface area (Å²) in [4.78, 5) is 0. The lowest BCUT2D eigenvalue weighted by Crippen LogP contribution is -2.41. The van der Waals surface area contributed by atoms with Gasteiger partial charge in [0.2, 0.25) is 10.0 Å². The summed E-state index contributed by atoms with van der Waals surface area (Å²) < 4.78 is 22.0. The molecule has 0 amide bonds. The molecule has 0 unspecified atom stereocenters. The van der Waals surface area contributed by atoms with E-state index in [0.29, 0.717) is 0 Å². The molecule has 4 heteroatoms. The van der Waals surface area contributed by atoms with Crippen molar-refractivity contribution in [2.24, 2.45) is 5.14 Å². The summed E-state index contributed by atoms with van der Waals surface area (Å²) >= 11 is 0. The van der Waals surface area contributed by atoms with Gasteiger partial charge in [0.15, 0.2) is 0 Å². The van der Waals surface area contributed by atoms with Gasteiger partial charge in [-0.2, -0.15) is 0 Å². The van der Waals surface area contributed by atoms with E-state index in [0.717, 1.165) is 38.5 Å². The van der Waals surface area contributed by atoms with E-state index in [1.165, 1.54) is 6.42 Å². The second-order valence-corrected chi connectivity index (χ2v) is 6.34. The lowest BCUT2D eigenvalue weighted by molar-refractivity contribution is 0.410. The van der Waals surface area contributed by atoms with Crippen molar-refractivity contribution in [2.75, 3.05) is 0 Å². The first-order chi connectivity index (χ1) is 5.96. The Morgan fingerprint density at radius 3 is 1.77 bits per heavy atom. The van der Waals surface area contributed by atoms with Crippen LogP contribution in [-0.2, 0) is 10.0 Å². The number of rotatable bonds is 1. The highest BCUT2D eigenvalue weighted by molar-refractivity contribution is 7.90. The zero-order chi connectivity index (χ0) is 9.95. The van der Waals surface area contributed by atoms with Crippen LogP contribution in [0.25, 0.3) is 0 Å². The molecule has 0 spiro atoms. The third-order valence-corrected chi connectivity index (χ3v) is 4.88. The third-order valence-electron chi connectivity index (χ3n) is 3.10. The first-order valence-electron chi connectivity index (χ1n) is 4.98. The predicted octanol–water partition coefficient (Wildman–Crippen LogP) is 1.78. The van der Waals surface area contributed by atoms with E-state index in [4.69, 9.17) is 5.14 Å². The quantitative estimate of drug-likeness (QED) is 0.709. The zero-order valence-electron chi connectivity index (χ0n) is 8.25. The van der Waals surface area contributed by atoms with Gasteiger partial charge < -0.3 is 0 Å². The molecule has 0 aromatic rings. The van der Waals surface area contributed by atoms with Crippen molar-refractivity contribution in [1.82, 2.24) is 0 Å². The summed E-state index contributed by atoms with van der Waals surface area (Å²) in [6.45, 7) is 1.79. The number of hydrogen-bond donors (Lipinski definition) is 1. The molecule has 2 N–H and O–H groups in total. The van der Waals surface area contributed by atoms with Gasteiger partial charge in [-0.05, 0) is 19.8 Å². The van der Waals surface area contributed by atoms with E-state index in [2.05, 4.69) is 0 Å². The van der Waals surface area contributed by atoms with Crippen LogP contribution in [-0.4, -0.2) is 13.2 Å². The van der Waals surface area contributed by atoms with E-state index in [1.807, 2.05) is 0 Å². The average molecular weight is 205 g/mol. The van der Waals surface area contributed by atoms with Gasteiger partial charge in [0.1, 0.15) is 0 Å². The monoisotopic (exact) mass is 205 g/mol. The van der Waals surface area contributed by atoms with Crippen molar-refractivity contribution >= 4 is 10.0 Å². The highest BCUT2D eigenvalue weighted by Gasteiger charge is 2.35. The number of hydrogen-bond acceptors (Lipinski definition) is 2. The van der Waals surface area contributed by atoms with Gasteiger partial charge in [0.05, 0.1) is 4.75 Å². The minimum absolute atomic E-state index is 0.659. The predicted molar refractivity (Wildman–Crippen MR) is 53.8 cm³/mol. The fourth-order valence-corrected chi connectivity index (χ4v) is 2.80. The molecule has 0 bridgehead atoms. The minimum atomic E-state index is -3.36. The average Bonchev–Trinajstić information content (AvgIpc) is 1.94. The Kier molecular flexibility index (Phi) is 3.35. The molecule has 1 aliphatic rings. The van der Waals surface area contributed by atoms with Crippen LogP contribution in [0.1, 0.15) is 51.9 Å². The molecule has 0 aliphatic heterocycles. The van der Waals surface area contributed by atoms with Crippen LogP contribution in [0.3, 0.4) is 0 Å². The summed E-state index contributed by atoms with van der Waals surface area (Å²) in [6.07, 6.45) is 6.97. The van der Waals surface area contributed by atoms with Crippen molar-refractivity contribution < 1.29 is 8.42 Å². The van der Waals surface area contributed by atoms with Crippen molar-refractivity contribution in [3.8, 4) is 0 Å². The molecular weight excluding hydrogens is 186 g/mol. The van der Waals surface area contributed by atoms with Crippen LogP contribution in [0.15, 0.2) is 0 Å². The summed E-state index contributed by atoms with van der Waals surface area (Å²) in [7, 11) is -3.36. The third kappa shape index (κ3) is 2.68. The Hall–Kier alpha value is -0.0900. The van der Waals surface area contributed by atoms with Crippen LogP contribution >= 0.6 is 0 Å². The second-order valence-electron chi connectivity index (χ2n) is 4.26. The highest BCUT2D eigenvalue weighted by atomic mass is 32.2. The van der Waals surface area contributed by atoms with Crippen molar-refractivity contribution in [3.05, 3.63) is 0 Å². The standard InChI is InChI=1S/C9H19NO2S/c1-9(13(10,11)12)7-5-3-2-4-6-8-9/h2-8H2,1H3,(H2,10,11,12).